The van der Waals surface area contributed by atoms with Gasteiger partial charge in [-0.15, -0.1) is 0 Å². The number of nitro benzene ring substituents is 1. The number of hydrogen-bond acceptors (Lipinski definition) is 4. The molecule has 0 aliphatic heterocycles. The van der Waals surface area contributed by atoms with Crippen molar-refractivity contribution in [3.05, 3.63) is 39.9 Å². The lowest BCUT2D eigenvalue weighted by Crippen LogP contribution is -2.21. The smallest absolute Gasteiger partial charge is 0.274 e. The van der Waals surface area contributed by atoms with Crippen LogP contribution in [0.25, 0.3) is 0 Å². The maximum absolute atomic E-state index is 10.9. The molecule has 5 heteroatoms. The van der Waals surface area contributed by atoms with Gasteiger partial charge in [0, 0.05) is 30.9 Å². The zero-order valence-corrected chi connectivity index (χ0v) is 11.6. The van der Waals surface area contributed by atoms with Gasteiger partial charge in [-0.05, 0) is 26.3 Å². The topological polar surface area (TPSA) is 64.4 Å². The third-order valence-electron chi connectivity index (χ3n) is 2.86. The van der Waals surface area contributed by atoms with Crippen LogP contribution in [0, 0.1) is 10.1 Å². The van der Waals surface area contributed by atoms with E-state index in [9.17, 15) is 10.1 Å². The lowest BCUT2D eigenvalue weighted by Gasteiger charge is -2.14. The molecule has 106 valence electrons. The molecule has 5 nitrogen and oxygen atoms in total. The van der Waals surface area contributed by atoms with Crippen LogP contribution in [0.15, 0.2) is 24.3 Å². The minimum absolute atomic E-state index is 0.0345. The number of benzene rings is 1. The van der Waals surface area contributed by atoms with Crippen molar-refractivity contribution >= 4 is 5.69 Å². The van der Waals surface area contributed by atoms with Crippen LogP contribution in [0.1, 0.15) is 38.3 Å². The fourth-order valence-corrected chi connectivity index (χ4v) is 1.87. The largest absolute Gasteiger partial charge is 0.381 e. The van der Waals surface area contributed by atoms with Crippen LogP contribution in [0.4, 0.5) is 5.69 Å². The lowest BCUT2D eigenvalue weighted by molar-refractivity contribution is -0.385. The molecule has 0 saturated heterocycles. The molecule has 0 bridgehead atoms. The Labute approximate surface area is 114 Å². The molecular formula is C14H22N2O3. The molecule has 0 aliphatic carbocycles. The van der Waals surface area contributed by atoms with E-state index in [1.807, 2.05) is 13.0 Å². The predicted molar refractivity (Wildman–Crippen MR) is 75.2 cm³/mol. The van der Waals surface area contributed by atoms with Crippen LogP contribution in [0.3, 0.4) is 0 Å². The number of ether oxygens (including phenoxy) is 1. The van der Waals surface area contributed by atoms with Crippen molar-refractivity contribution in [3.8, 4) is 0 Å². The zero-order valence-electron chi connectivity index (χ0n) is 11.6. The van der Waals surface area contributed by atoms with Gasteiger partial charge in [-0.3, -0.25) is 10.1 Å². The third kappa shape index (κ3) is 5.36. The molecule has 19 heavy (non-hydrogen) atoms. The Hall–Kier alpha value is -1.46. The number of rotatable bonds is 9. The lowest BCUT2D eigenvalue weighted by atomic mass is 10.1. The second-order valence-corrected chi connectivity index (χ2v) is 4.46. The molecule has 0 saturated carbocycles. The van der Waals surface area contributed by atoms with Crippen molar-refractivity contribution in [3.63, 3.8) is 0 Å². The van der Waals surface area contributed by atoms with Crippen molar-refractivity contribution in [2.75, 3.05) is 19.8 Å². The van der Waals surface area contributed by atoms with Crippen molar-refractivity contribution in [1.29, 1.82) is 0 Å². The van der Waals surface area contributed by atoms with Gasteiger partial charge in [-0.2, -0.15) is 0 Å². The van der Waals surface area contributed by atoms with E-state index in [1.165, 1.54) is 6.07 Å². The quantitative estimate of drug-likeness (QED) is 0.424. The summed E-state index contributed by atoms with van der Waals surface area (Å²) in [4.78, 5) is 10.6. The highest BCUT2D eigenvalue weighted by molar-refractivity contribution is 5.41. The van der Waals surface area contributed by atoms with Crippen molar-refractivity contribution in [2.24, 2.45) is 0 Å². The van der Waals surface area contributed by atoms with Gasteiger partial charge in [0.2, 0.25) is 0 Å². The number of hydrogen-bond donors (Lipinski definition) is 1. The highest BCUT2D eigenvalue weighted by Gasteiger charge is 2.17. The summed E-state index contributed by atoms with van der Waals surface area (Å²) in [7, 11) is 0. The van der Waals surface area contributed by atoms with Gasteiger partial charge in [-0.25, -0.2) is 0 Å². The number of nitrogens with one attached hydrogen (secondary N) is 1. The van der Waals surface area contributed by atoms with Crippen molar-refractivity contribution in [1.82, 2.24) is 5.32 Å². The summed E-state index contributed by atoms with van der Waals surface area (Å²) in [5.74, 6) is 0. The van der Waals surface area contributed by atoms with Gasteiger partial charge in [0.25, 0.3) is 5.69 Å². The molecular weight excluding hydrogens is 244 g/mol. The molecule has 0 radical (unpaired) electrons. The zero-order chi connectivity index (χ0) is 14.1. The first-order chi connectivity index (χ1) is 9.16. The molecule has 0 aromatic heterocycles. The Morgan fingerprint density at radius 3 is 2.79 bits per heavy atom. The first kappa shape index (κ1) is 15.6. The highest BCUT2D eigenvalue weighted by atomic mass is 16.6. The van der Waals surface area contributed by atoms with Gasteiger partial charge in [0.1, 0.15) is 0 Å². The molecule has 0 spiro atoms. The minimum atomic E-state index is -0.335. The van der Waals surface area contributed by atoms with Crippen molar-refractivity contribution < 1.29 is 9.66 Å². The van der Waals surface area contributed by atoms with E-state index in [4.69, 9.17) is 4.74 Å². The number of para-hydroxylation sites is 1. The third-order valence-corrected chi connectivity index (χ3v) is 2.86. The van der Waals surface area contributed by atoms with Crippen LogP contribution in [0.2, 0.25) is 0 Å². The standard InChI is InChI=1S/C14H22N2O3/c1-3-10-19-11-6-9-15-12(2)13-7-4-5-8-14(13)16(17)18/h4-5,7-8,12,15H,3,6,9-11H2,1-2H3. The van der Waals surface area contributed by atoms with Crippen LogP contribution in [0.5, 0.6) is 0 Å². The van der Waals surface area contributed by atoms with E-state index >= 15 is 0 Å². The molecule has 0 aliphatic rings. The summed E-state index contributed by atoms with van der Waals surface area (Å²) < 4.78 is 5.38. The summed E-state index contributed by atoms with van der Waals surface area (Å²) in [5, 5.41) is 14.2. The van der Waals surface area contributed by atoms with Gasteiger partial charge < -0.3 is 10.1 Å². The van der Waals surface area contributed by atoms with E-state index in [0.29, 0.717) is 0 Å². The van der Waals surface area contributed by atoms with Gasteiger partial charge >= 0.3 is 0 Å². The minimum Gasteiger partial charge on any atom is -0.381 e. The average Bonchev–Trinajstić information content (AvgIpc) is 2.42. The molecule has 1 N–H and O–H groups in total. The van der Waals surface area contributed by atoms with E-state index in [0.717, 1.165) is 38.2 Å². The molecule has 1 unspecified atom stereocenters. The second-order valence-electron chi connectivity index (χ2n) is 4.46. The monoisotopic (exact) mass is 266 g/mol. The van der Waals surface area contributed by atoms with Crippen molar-refractivity contribution in [2.45, 2.75) is 32.7 Å². The average molecular weight is 266 g/mol. The number of nitrogens with zero attached hydrogens (tertiary/aromatic N) is 1. The van der Waals surface area contributed by atoms with E-state index in [2.05, 4.69) is 12.2 Å². The fourth-order valence-electron chi connectivity index (χ4n) is 1.87. The maximum Gasteiger partial charge on any atom is 0.274 e. The molecule has 1 rings (SSSR count). The Kier molecular flexibility index (Phi) is 7.07. The molecule has 0 fully saturated rings. The van der Waals surface area contributed by atoms with Gasteiger partial charge in [0.05, 0.1) is 4.92 Å². The molecule has 1 aromatic carbocycles. The van der Waals surface area contributed by atoms with Crippen LogP contribution >= 0.6 is 0 Å². The molecule has 0 heterocycles. The SMILES string of the molecule is CCCOCCCNC(C)c1ccccc1[N+](=O)[O-]. The second kappa shape index (κ2) is 8.61. The van der Waals surface area contributed by atoms with Crippen LogP contribution in [-0.2, 0) is 4.74 Å². The summed E-state index contributed by atoms with van der Waals surface area (Å²) >= 11 is 0. The first-order valence-corrected chi connectivity index (χ1v) is 6.71. The Morgan fingerprint density at radius 1 is 1.37 bits per heavy atom. The van der Waals surface area contributed by atoms with Gasteiger partial charge in [0.15, 0.2) is 0 Å². The van der Waals surface area contributed by atoms with E-state index in [1.54, 1.807) is 12.1 Å². The Morgan fingerprint density at radius 2 is 2.11 bits per heavy atom. The summed E-state index contributed by atoms with van der Waals surface area (Å²) in [5.41, 5.74) is 0.895. The normalized spacial score (nSPS) is 12.3. The molecule has 1 aromatic rings. The maximum atomic E-state index is 10.9. The van der Waals surface area contributed by atoms with Crippen LogP contribution in [-0.4, -0.2) is 24.7 Å². The van der Waals surface area contributed by atoms with Gasteiger partial charge in [-0.1, -0.05) is 25.1 Å². The highest BCUT2D eigenvalue weighted by Crippen LogP contribution is 2.24. The van der Waals surface area contributed by atoms with E-state index in [-0.39, 0.29) is 16.7 Å². The molecule has 0 amide bonds. The Balaban J connectivity index is 2.41. The number of nitro groups is 1. The predicted octanol–water partition coefficient (Wildman–Crippen LogP) is 3.06. The summed E-state index contributed by atoms with van der Waals surface area (Å²) in [6.45, 7) is 6.32. The fraction of sp³-hybridized carbons (Fsp3) is 0.571. The summed E-state index contributed by atoms with van der Waals surface area (Å²) in [6.07, 6.45) is 1.94. The molecule has 1 atom stereocenters. The van der Waals surface area contributed by atoms with E-state index < -0.39 is 0 Å². The summed E-state index contributed by atoms with van der Waals surface area (Å²) in [6, 6.07) is 6.81. The van der Waals surface area contributed by atoms with Crippen LogP contribution < -0.4 is 5.32 Å². The first-order valence-electron chi connectivity index (χ1n) is 6.71. The Bertz CT molecular complexity index is 396.